The molecular weight excluding hydrogens is 937 g/mol. The number of hydrogen-bond acceptors (Lipinski definition) is 9. The summed E-state index contributed by atoms with van der Waals surface area (Å²) in [6.45, 7) is 7.69. The molecule has 2 rings (SSSR count). The fraction of sp³-hybridized carbons (Fsp3) is 0.746. The van der Waals surface area contributed by atoms with Crippen molar-refractivity contribution in [2.75, 3.05) is 40.9 Å². The third-order valence-corrected chi connectivity index (χ3v) is 13.6. The minimum Gasteiger partial charge on any atom is -0.466 e. The van der Waals surface area contributed by atoms with Crippen LogP contribution in [0.15, 0.2) is 46.1 Å². The third kappa shape index (κ3) is 33.2. The topological polar surface area (TPSA) is 195 Å². The van der Waals surface area contributed by atoms with E-state index in [-0.39, 0.29) is 49.6 Å². The molecule has 0 spiro atoms. The molecule has 0 saturated heterocycles. The Morgan fingerprint density at radius 3 is 1.68 bits per heavy atom. The second kappa shape index (κ2) is 40.5. The number of H-pyrrole nitrogens is 1. The van der Waals surface area contributed by atoms with Crippen molar-refractivity contribution in [3.8, 4) is 0 Å². The van der Waals surface area contributed by atoms with Crippen LogP contribution < -0.4 is 27.2 Å². The molecule has 1 aromatic carbocycles. The highest BCUT2D eigenvalue weighted by molar-refractivity contribution is 5.93. The van der Waals surface area contributed by atoms with Crippen molar-refractivity contribution in [1.82, 2.24) is 25.5 Å². The van der Waals surface area contributed by atoms with Crippen LogP contribution in [0.4, 0.5) is 0 Å². The van der Waals surface area contributed by atoms with Gasteiger partial charge in [0.15, 0.2) is 0 Å². The lowest BCUT2D eigenvalue weighted by atomic mass is 10.0. The molecule has 3 amide bonds. The van der Waals surface area contributed by atoms with Crippen LogP contribution in [0.25, 0.3) is 0 Å². The number of hydrogen-bond donors (Lipinski definition) is 4. The molecule has 0 radical (unpaired) electrons. The van der Waals surface area contributed by atoms with Crippen LogP contribution >= 0.6 is 0 Å². The number of benzene rings is 1. The van der Waals surface area contributed by atoms with Crippen LogP contribution in [0, 0.1) is 6.92 Å². The van der Waals surface area contributed by atoms with Crippen molar-refractivity contribution in [3.63, 3.8) is 0 Å². The third-order valence-electron chi connectivity index (χ3n) is 13.6. The fourth-order valence-electron chi connectivity index (χ4n) is 8.97. The van der Waals surface area contributed by atoms with E-state index in [1.165, 1.54) is 77.7 Å². The molecule has 0 fully saturated rings. The van der Waals surface area contributed by atoms with Gasteiger partial charge in [-0.3, -0.25) is 29.0 Å². The molecule has 0 aliphatic heterocycles. The van der Waals surface area contributed by atoms with Gasteiger partial charge in [-0.05, 0) is 64.4 Å². The number of unbranched alkanes of at least 4 members (excludes halogenated alkanes) is 24. The molecule has 0 saturated carbocycles. The first-order valence-corrected chi connectivity index (χ1v) is 29.0. The zero-order valence-electron chi connectivity index (χ0n) is 47.0. The van der Waals surface area contributed by atoms with Gasteiger partial charge >= 0.3 is 17.6 Å². The number of aromatic nitrogens is 2. The van der Waals surface area contributed by atoms with E-state index in [1.54, 1.807) is 17.7 Å². The molecule has 74 heavy (non-hydrogen) atoms. The Bertz CT molecular complexity index is 1960. The number of nitrogens with zero attached hydrogens (tertiary/aromatic N) is 2. The Morgan fingerprint density at radius 2 is 1.11 bits per heavy atom. The van der Waals surface area contributed by atoms with Crippen molar-refractivity contribution >= 4 is 29.7 Å². The van der Waals surface area contributed by atoms with Crippen molar-refractivity contribution < 1.29 is 37.9 Å². The van der Waals surface area contributed by atoms with E-state index in [1.807, 2.05) is 30.3 Å². The van der Waals surface area contributed by atoms with E-state index in [0.717, 1.165) is 113 Å². The maximum Gasteiger partial charge on any atom is 0.328 e. The molecule has 2 aromatic rings. The number of aryl methyl sites for hydroxylation is 2. The molecule has 0 aliphatic carbocycles. The summed E-state index contributed by atoms with van der Waals surface area (Å²) in [5.41, 5.74) is 0.685. The van der Waals surface area contributed by atoms with E-state index < -0.39 is 41.9 Å². The van der Waals surface area contributed by atoms with Gasteiger partial charge in [0.2, 0.25) is 17.7 Å². The number of carbonyl (C=O) groups is 5. The average molecular weight is 1040 g/mol. The fourth-order valence-corrected chi connectivity index (χ4v) is 8.97. The van der Waals surface area contributed by atoms with Crippen molar-refractivity contribution in [1.29, 1.82) is 0 Å². The van der Waals surface area contributed by atoms with Gasteiger partial charge in [-0.25, -0.2) is 9.59 Å². The zero-order chi connectivity index (χ0) is 54.2. The van der Waals surface area contributed by atoms with E-state index >= 15 is 0 Å². The highest BCUT2D eigenvalue weighted by Gasteiger charge is 2.29. The Hall–Kier alpha value is -4.79. The summed E-state index contributed by atoms with van der Waals surface area (Å²) in [4.78, 5) is 92.8. The van der Waals surface area contributed by atoms with E-state index in [4.69, 9.17) is 9.47 Å². The summed E-state index contributed by atoms with van der Waals surface area (Å²) < 4.78 is 13.7. The van der Waals surface area contributed by atoms with Crippen molar-refractivity contribution in [2.45, 2.75) is 244 Å². The van der Waals surface area contributed by atoms with Crippen molar-refractivity contribution in [3.05, 3.63) is 68.5 Å². The van der Waals surface area contributed by atoms with Crippen LogP contribution in [0.3, 0.4) is 0 Å². The quantitative estimate of drug-likeness (QED) is 0.0284. The Morgan fingerprint density at radius 1 is 0.595 bits per heavy atom. The Labute approximate surface area is 445 Å². The van der Waals surface area contributed by atoms with Gasteiger partial charge in [0.25, 0.3) is 5.56 Å². The molecule has 0 unspecified atom stereocenters. The highest BCUT2D eigenvalue weighted by atomic mass is 16.5. The summed E-state index contributed by atoms with van der Waals surface area (Å²) in [6, 6.07) is 6.32. The standard InChI is InChI=1S/C59H100N6O9/c1-7-8-9-10-11-12-17-23-28-36-45-74-58(71)51(40-41-54(67)73-44-35-27-22-18-13-15-20-25-33-42-64-47-48(2)55(68)63-59(64)72)62-56(69)49(3)60-57(70)52(46-50-37-30-29-31-38-50)61-53(66)39-32-24-19-14-16-21-26-34-43-65(4,5)6/h29-31,37-38,47,49,51-52H,7-28,32-36,39-46H2,1-6H3,(H3-,60,61,62,63,66,68,69,70,72)/p+1/t49-,51-,52-/m0/s1. The van der Waals surface area contributed by atoms with Crippen LogP contribution in [-0.4, -0.2) is 103 Å². The second-order valence-corrected chi connectivity index (χ2v) is 21.7. The van der Waals surface area contributed by atoms with Crippen LogP contribution in [0.2, 0.25) is 0 Å². The molecule has 0 aliphatic rings. The maximum absolute atomic E-state index is 13.8. The van der Waals surface area contributed by atoms with Gasteiger partial charge in [-0.1, -0.05) is 172 Å². The molecule has 3 atom stereocenters. The highest BCUT2D eigenvalue weighted by Crippen LogP contribution is 2.15. The molecule has 0 bridgehead atoms. The predicted octanol–water partition coefficient (Wildman–Crippen LogP) is 10.1. The lowest BCUT2D eigenvalue weighted by Gasteiger charge is -2.23. The van der Waals surface area contributed by atoms with E-state index in [9.17, 15) is 33.6 Å². The largest absolute Gasteiger partial charge is 0.466 e. The average Bonchev–Trinajstić information content (AvgIpc) is 3.36. The first-order chi connectivity index (χ1) is 35.6. The number of carbonyl (C=O) groups excluding carboxylic acids is 5. The minimum atomic E-state index is -1.12. The van der Waals surface area contributed by atoms with Crippen LogP contribution in [0.1, 0.15) is 218 Å². The predicted molar refractivity (Wildman–Crippen MR) is 297 cm³/mol. The summed E-state index contributed by atoms with van der Waals surface area (Å²) in [5.74, 6) is -2.43. The first-order valence-electron chi connectivity index (χ1n) is 29.0. The van der Waals surface area contributed by atoms with Gasteiger partial charge in [0, 0.05) is 37.6 Å². The molecule has 4 N–H and O–H groups in total. The number of nitrogens with one attached hydrogen (secondary N) is 4. The monoisotopic (exact) mass is 1040 g/mol. The lowest BCUT2D eigenvalue weighted by Crippen LogP contribution is -2.55. The molecule has 1 heterocycles. The number of quaternary nitrogens is 1. The summed E-state index contributed by atoms with van der Waals surface area (Å²) in [5, 5.41) is 8.42. The van der Waals surface area contributed by atoms with E-state index in [2.05, 4.69) is 49.0 Å². The number of esters is 2. The van der Waals surface area contributed by atoms with Crippen LogP contribution in [0.5, 0.6) is 0 Å². The van der Waals surface area contributed by atoms with Gasteiger partial charge in [0.1, 0.15) is 18.1 Å². The number of ether oxygens (including phenoxy) is 2. The van der Waals surface area contributed by atoms with Gasteiger partial charge in [-0.15, -0.1) is 0 Å². The first kappa shape index (κ1) is 65.3. The Kier molecular flexibility index (Phi) is 35.8. The normalized spacial score (nSPS) is 12.7. The number of rotatable bonds is 45. The van der Waals surface area contributed by atoms with Gasteiger partial charge < -0.3 is 34.5 Å². The number of amides is 3. The van der Waals surface area contributed by atoms with Gasteiger partial charge in [0.05, 0.1) is 40.9 Å². The smallest absolute Gasteiger partial charge is 0.328 e. The molecule has 15 heteroatoms. The Balaban J connectivity index is 1.84. The molecule has 15 nitrogen and oxygen atoms in total. The van der Waals surface area contributed by atoms with E-state index in [0.29, 0.717) is 24.9 Å². The number of aromatic amines is 1. The lowest BCUT2D eigenvalue weighted by molar-refractivity contribution is -0.870. The summed E-state index contributed by atoms with van der Waals surface area (Å²) in [7, 11) is 6.67. The van der Waals surface area contributed by atoms with Gasteiger partial charge in [-0.2, -0.15) is 0 Å². The van der Waals surface area contributed by atoms with Crippen LogP contribution in [-0.2, 0) is 46.4 Å². The molecule has 420 valence electrons. The zero-order valence-corrected chi connectivity index (χ0v) is 47.0. The summed E-state index contributed by atoms with van der Waals surface area (Å²) in [6.07, 6.45) is 31.1. The minimum absolute atomic E-state index is 0.0209. The second-order valence-electron chi connectivity index (χ2n) is 21.7. The molecular formula is C59H101N6O9+. The summed E-state index contributed by atoms with van der Waals surface area (Å²) >= 11 is 0. The maximum atomic E-state index is 13.8. The van der Waals surface area contributed by atoms with Crippen molar-refractivity contribution in [2.24, 2.45) is 0 Å². The SMILES string of the molecule is CCCCCCCCCCCCOC(=O)[C@H](CCC(=O)OCCCCCCCCCCCn1cc(C)c(=O)[nH]c1=O)NC(=O)[C@H](C)NC(=O)[C@H](Cc1ccccc1)NC(=O)CCCCCCCCCC[N+](C)(C)C. The molecule has 1 aromatic heterocycles.